The zero-order valence-corrected chi connectivity index (χ0v) is 16.6. The van der Waals surface area contributed by atoms with Crippen LogP contribution in [0.2, 0.25) is 0 Å². The number of nitrogens with zero attached hydrogens (tertiary/aromatic N) is 1. The van der Waals surface area contributed by atoms with Crippen molar-refractivity contribution >= 4 is 37.6 Å². The molecule has 0 saturated carbocycles. The summed E-state index contributed by atoms with van der Waals surface area (Å²) in [6.45, 7) is 3.77. The van der Waals surface area contributed by atoms with Gasteiger partial charge in [0.15, 0.2) is 12.2 Å². The number of benzene rings is 2. The van der Waals surface area contributed by atoms with Crippen molar-refractivity contribution in [3.63, 3.8) is 0 Å². The third-order valence-electron chi connectivity index (χ3n) is 3.35. The fourth-order valence-corrected chi connectivity index (χ4v) is 2.56. The van der Waals surface area contributed by atoms with Crippen molar-refractivity contribution in [2.24, 2.45) is 0 Å². The van der Waals surface area contributed by atoms with E-state index in [0.29, 0.717) is 6.42 Å². The number of halogens is 2. The number of Topliss-reactive ketones (excluding diaryl/α,β-unsaturated/α-hetero) is 1. The van der Waals surface area contributed by atoms with Crippen LogP contribution in [-0.2, 0) is 0 Å². The number of rotatable bonds is 3. The highest BCUT2D eigenvalue weighted by Crippen LogP contribution is 2.22. The summed E-state index contributed by atoms with van der Waals surface area (Å²) in [6.07, 6.45) is 2.04. The van der Waals surface area contributed by atoms with Crippen molar-refractivity contribution in [2.45, 2.75) is 20.3 Å². The Hall–Kier alpha value is -1.72. The van der Waals surface area contributed by atoms with Crippen LogP contribution in [0.1, 0.15) is 29.5 Å². The number of aromatic nitrogens is 1. The number of oxazole rings is 1. The van der Waals surface area contributed by atoms with E-state index in [9.17, 15) is 4.79 Å². The van der Waals surface area contributed by atoms with E-state index in [1.165, 1.54) is 6.39 Å². The van der Waals surface area contributed by atoms with Crippen LogP contribution in [0.3, 0.4) is 0 Å². The molecule has 1 aromatic heterocycles. The number of carbonyl (C=O) groups is 1. The standard InChI is InChI=1S/C10H8BrNO.C9H9BrO/c1-7-10(12-6-13-7)8-2-4-9(11)5-3-8;1-2-9(11)7-3-5-8(10)6-4-7/h2-6H,1H3;3-6H,2H2,1H3. The molecule has 0 N–H and O–H groups in total. The van der Waals surface area contributed by atoms with E-state index in [1.54, 1.807) is 0 Å². The van der Waals surface area contributed by atoms with Gasteiger partial charge in [0.05, 0.1) is 0 Å². The fourth-order valence-electron chi connectivity index (χ4n) is 2.03. The third-order valence-corrected chi connectivity index (χ3v) is 4.41. The van der Waals surface area contributed by atoms with Gasteiger partial charge in [0.2, 0.25) is 0 Å². The normalized spacial score (nSPS) is 10.0. The molecule has 24 heavy (non-hydrogen) atoms. The summed E-state index contributed by atoms with van der Waals surface area (Å²) >= 11 is 6.69. The molecule has 0 aliphatic heterocycles. The highest BCUT2D eigenvalue weighted by Gasteiger charge is 2.05. The summed E-state index contributed by atoms with van der Waals surface area (Å²) in [5, 5.41) is 0. The Kier molecular flexibility index (Phi) is 6.94. The molecule has 0 aliphatic carbocycles. The van der Waals surface area contributed by atoms with Gasteiger partial charge < -0.3 is 4.42 Å². The van der Waals surface area contributed by atoms with Gasteiger partial charge in [-0.3, -0.25) is 4.79 Å². The van der Waals surface area contributed by atoms with Gasteiger partial charge in [-0.25, -0.2) is 4.98 Å². The highest BCUT2D eigenvalue weighted by molar-refractivity contribution is 9.10. The molecule has 0 fully saturated rings. The van der Waals surface area contributed by atoms with Crippen molar-refractivity contribution in [1.29, 1.82) is 0 Å². The van der Waals surface area contributed by atoms with Gasteiger partial charge in [-0.05, 0) is 31.2 Å². The molecule has 2 aromatic carbocycles. The Morgan fingerprint density at radius 3 is 2.00 bits per heavy atom. The molecule has 0 aliphatic rings. The van der Waals surface area contributed by atoms with Gasteiger partial charge >= 0.3 is 0 Å². The van der Waals surface area contributed by atoms with Crippen molar-refractivity contribution in [2.75, 3.05) is 0 Å². The van der Waals surface area contributed by atoms with E-state index in [4.69, 9.17) is 4.42 Å². The molecular weight excluding hydrogens is 434 g/mol. The van der Waals surface area contributed by atoms with Crippen LogP contribution in [0.4, 0.5) is 0 Å². The molecule has 3 nitrogen and oxygen atoms in total. The second-order valence-electron chi connectivity index (χ2n) is 5.05. The minimum atomic E-state index is 0.192. The lowest BCUT2D eigenvalue weighted by Gasteiger charge is -1.96. The first kappa shape index (κ1) is 18.6. The first-order chi connectivity index (χ1) is 11.5. The molecule has 0 spiro atoms. The molecule has 0 unspecified atom stereocenters. The van der Waals surface area contributed by atoms with Crippen molar-refractivity contribution < 1.29 is 9.21 Å². The summed E-state index contributed by atoms with van der Waals surface area (Å²) in [5.41, 5.74) is 2.78. The maximum atomic E-state index is 11.1. The van der Waals surface area contributed by atoms with Gasteiger partial charge in [0.25, 0.3) is 0 Å². The van der Waals surface area contributed by atoms with Crippen molar-refractivity contribution in [1.82, 2.24) is 4.98 Å². The maximum absolute atomic E-state index is 11.1. The Morgan fingerprint density at radius 1 is 1.00 bits per heavy atom. The van der Waals surface area contributed by atoms with Gasteiger partial charge in [0.1, 0.15) is 11.5 Å². The van der Waals surface area contributed by atoms with Crippen LogP contribution < -0.4 is 0 Å². The fraction of sp³-hybridized carbons (Fsp3) is 0.158. The topological polar surface area (TPSA) is 43.1 Å². The molecule has 5 heteroatoms. The lowest BCUT2D eigenvalue weighted by Crippen LogP contribution is -1.94. The van der Waals surface area contributed by atoms with E-state index >= 15 is 0 Å². The number of ketones is 1. The minimum absolute atomic E-state index is 0.192. The summed E-state index contributed by atoms with van der Waals surface area (Å²) in [5.74, 6) is 1.04. The first-order valence-electron chi connectivity index (χ1n) is 7.46. The maximum Gasteiger partial charge on any atom is 0.181 e. The average molecular weight is 451 g/mol. The Balaban J connectivity index is 0.000000177. The zero-order chi connectivity index (χ0) is 17.5. The van der Waals surface area contributed by atoms with Crippen LogP contribution in [0.25, 0.3) is 11.3 Å². The molecule has 0 amide bonds. The molecule has 3 aromatic rings. The first-order valence-corrected chi connectivity index (χ1v) is 9.04. The largest absolute Gasteiger partial charge is 0.448 e. The third kappa shape index (κ3) is 5.14. The van der Waals surface area contributed by atoms with E-state index < -0.39 is 0 Å². The molecule has 0 atom stereocenters. The van der Waals surface area contributed by atoms with Crippen LogP contribution >= 0.6 is 31.9 Å². The molecule has 124 valence electrons. The van der Waals surface area contributed by atoms with E-state index in [2.05, 4.69) is 36.8 Å². The quantitative estimate of drug-likeness (QED) is 0.430. The lowest BCUT2D eigenvalue weighted by atomic mass is 10.1. The van der Waals surface area contributed by atoms with Crippen LogP contribution in [0.5, 0.6) is 0 Å². The zero-order valence-electron chi connectivity index (χ0n) is 13.4. The molecule has 3 rings (SSSR count). The summed E-state index contributed by atoms with van der Waals surface area (Å²) in [6, 6.07) is 15.4. The monoisotopic (exact) mass is 449 g/mol. The van der Waals surface area contributed by atoms with E-state index in [0.717, 1.165) is 31.5 Å². The molecule has 0 saturated heterocycles. The lowest BCUT2D eigenvalue weighted by molar-refractivity contribution is 0.0988. The number of hydrogen-bond acceptors (Lipinski definition) is 3. The van der Waals surface area contributed by atoms with Crippen molar-refractivity contribution in [3.05, 3.63) is 75.2 Å². The van der Waals surface area contributed by atoms with E-state index in [1.807, 2.05) is 62.4 Å². The SMILES string of the molecule is CCC(=O)c1ccc(Br)cc1.Cc1ocnc1-c1ccc(Br)cc1. The summed E-state index contributed by atoms with van der Waals surface area (Å²) in [7, 11) is 0. The highest BCUT2D eigenvalue weighted by atomic mass is 79.9. The molecule has 0 bridgehead atoms. The van der Waals surface area contributed by atoms with Crippen LogP contribution in [0.15, 0.2) is 68.3 Å². The molecule has 0 radical (unpaired) electrons. The smallest absolute Gasteiger partial charge is 0.181 e. The summed E-state index contributed by atoms with van der Waals surface area (Å²) < 4.78 is 7.20. The Morgan fingerprint density at radius 2 is 1.54 bits per heavy atom. The van der Waals surface area contributed by atoms with Crippen molar-refractivity contribution in [3.8, 4) is 11.3 Å². The number of carbonyl (C=O) groups excluding carboxylic acids is 1. The minimum Gasteiger partial charge on any atom is -0.448 e. The number of hydrogen-bond donors (Lipinski definition) is 0. The summed E-state index contributed by atoms with van der Waals surface area (Å²) in [4.78, 5) is 15.2. The van der Waals surface area contributed by atoms with Crippen LogP contribution in [0, 0.1) is 6.92 Å². The Labute approximate surface area is 158 Å². The average Bonchev–Trinajstić information content (AvgIpc) is 3.02. The molecule has 1 heterocycles. The van der Waals surface area contributed by atoms with Gasteiger partial charge in [-0.2, -0.15) is 0 Å². The molecular formula is C19H17Br2NO2. The van der Waals surface area contributed by atoms with Gasteiger partial charge in [-0.1, -0.05) is 63.0 Å². The van der Waals surface area contributed by atoms with E-state index in [-0.39, 0.29) is 5.78 Å². The second-order valence-corrected chi connectivity index (χ2v) is 6.88. The van der Waals surface area contributed by atoms with Crippen LogP contribution in [-0.4, -0.2) is 10.8 Å². The predicted molar refractivity (Wildman–Crippen MR) is 103 cm³/mol. The van der Waals surface area contributed by atoms with Gasteiger partial charge in [0, 0.05) is 26.5 Å². The predicted octanol–water partition coefficient (Wildman–Crippen LogP) is 6.45. The number of aryl methyl sites for hydroxylation is 1. The second kappa shape index (κ2) is 8.94. The van der Waals surface area contributed by atoms with Gasteiger partial charge in [-0.15, -0.1) is 0 Å². The Bertz CT molecular complexity index is 793.